The predicted octanol–water partition coefficient (Wildman–Crippen LogP) is 1.64. The Morgan fingerprint density at radius 1 is 0.750 bits per heavy atom. The van der Waals surface area contributed by atoms with Crippen molar-refractivity contribution < 1.29 is 21.6 Å². The Morgan fingerprint density at radius 2 is 1.22 bits per heavy atom. The lowest BCUT2D eigenvalue weighted by Gasteiger charge is -2.10. The van der Waals surface area contributed by atoms with Crippen molar-refractivity contribution in [3.8, 4) is 0 Å². The molecule has 4 rings (SSSR count). The van der Waals surface area contributed by atoms with Crippen LogP contribution in [-0.2, 0) is 31.3 Å². The summed E-state index contributed by atoms with van der Waals surface area (Å²) < 4.78 is 54.0. The summed E-state index contributed by atoms with van der Waals surface area (Å²) in [5.74, 6) is -0.246. The van der Waals surface area contributed by atoms with Crippen molar-refractivity contribution in [1.29, 1.82) is 0 Å². The molecule has 32 heavy (non-hydrogen) atoms. The van der Waals surface area contributed by atoms with E-state index >= 15 is 0 Å². The molecule has 2 aliphatic carbocycles. The Hall–Kier alpha value is -2.47. The SMILES string of the molecule is O=C(CCc1ccc(S(=O)(=O)NC2CC2)cc1)NNc1ccc(S(=O)(=O)NC2CC2)cc1. The lowest BCUT2D eigenvalue weighted by atomic mass is 10.1. The molecule has 0 unspecified atom stereocenters. The highest BCUT2D eigenvalue weighted by molar-refractivity contribution is 7.89. The van der Waals surface area contributed by atoms with E-state index in [4.69, 9.17) is 0 Å². The van der Waals surface area contributed by atoms with E-state index in [0.717, 1.165) is 31.2 Å². The molecule has 0 saturated heterocycles. The van der Waals surface area contributed by atoms with Crippen molar-refractivity contribution in [3.05, 3.63) is 54.1 Å². The molecule has 2 aromatic rings. The molecule has 0 bridgehead atoms. The summed E-state index contributed by atoms with van der Waals surface area (Å²) in [6.45, 7) is 0. The normalized spacial score (nSPS) is 16.5. The Bertz CT molecular complexity index is 1080. The first-order valence-corrected chi connectivity index (χ1v) is 13.5. The van der Waals surface area contributed by atoms with Crippen LogP contribution in [0.15, 0.2) is 58.3 Å². The van der Waals surface area contributed by atoms with Gasteiger partial charge >= 0.3 is 0 Å². The maximum absolute atomic E-state index is 12.2. The number of hydrogen-bond donors (Lipinski definition) is 4. The van der Waals surface area contributed by atoms with Crippen LogP contribution in [-0.4, -0.2) is 34.8 Å². The van der Waals surface area contributed by atoms with Gasteiger partial charge in [0.05, 0.1) is 15.5 Å². The van der Waals surface area contributed by atoms with Gasteiger partial charge in [0.2, 0.25) is 26.0 Å². The van der Waals surface area contributed by atoms with Crippen molar-refractivity contribution in [1.82, 2.24) is 14.9 Å². The van der Waals surface area contributed by atoms with Gasteiger partial charge in [0.1, 0.15) is 0 Å². The van der Waals surface area contributed by atoms with Crippen molar-refractivity contribution in [2.75, 3.05) is 5.43 Å². The Morgan fingerprint density at radius 3 is 1.69 bits per heavy atom. The van der Waals surface area contributed by atoms with Crippen molar-refractivity contribution in [3.63, 3.8) is 0 Å². The van der Waals surface area contributed by atoms with Crippen molar-refractivity contribution >= 4 is 31.6 Å². The fraction of sp³-hybridized carbons (Fsp3) is 0.381. The fourth-order valence-corrected chi connectivity index (χ4v) is 5.60. The number of anilines is 1. The van der Waals surface area contributed by atoms with Gasteiger partial charge in [0, 0.05) is 18.5 Å². The largest absolute Gasteiger partial charge is 0.299 e. The van der Waals surface area contributed by atoms with Gasteiger partial charge in [-0.05, 0) is 74.1 Å². The van der Waals surface area contributed by atoms with Gasteiger partial charge < -0.3 is 0 Å². The number of nitrogens with one attached hydrogen (secondary N) is 4. The van der Waals surface area contributed by atoms with Gasteiger partial charge in [-0.25, -0.2) is 26.3 Å². The predicted molar refractivity (Wildman–Crippen MR) is 120 cm³/mol. The summed E-state index contributed by atoms with van der Waals surface area (Å²) in [6, 6.07) is 12.7. The summed E-state index contributed by atoms with van der Waals surface area (Å²) in [5, 5.41) is 0. The summed E-state index contributed by atoms with van der Waals surface area (Å²) in [5.41, 5.74) is 6.74. The molecule has 2 saturated carbocycles. The monoisotopic (exact) mass is 478 g/mol. The zero-order valence-corrected chi connectivity index (χ0v) is 19.0. The molecule has 0 atom stereocenters. The topological polar surface area (TPSA) is 133 Å². The number of sulfonamides is 2. The van der Waals surface area contributed by atoms with Crippen LogP contribution in [0.1, 0.15) is 37.7 Å². The maximum Gasteiger partial charge on any atom is 0.240 e. The van der Waals surface area contributed by atoms with Gasteiger partial charge in [-0.3, -0.25) is 15.6 Å². The zero-order chi connectivity index (χ0) is 22.8. The maximum atomic E-state index is 12.2. The summed E-state index contributed by atoms with van der Waals surface area (Å²) in [6.07, 6.45) is 4.14. The summed E-state index contributed by atoms with van der Waals surface area (Å²) >= 11 is 0. The molecule has 0 aliphatic heterocycles. The van der Waals surface area contributed by atoms with Gasteiger partial charge in [-0.2, -0.15) is 0 Å². The Balaban J connectivity index is 1.22. The molecule has 2 aliphatic rings. The average Bonchev–Trinajstić information content (AvgIpc) is 3.69. The first kappa shape index (κ1) is 22.7. The van der Waals surface area contributed by atoms with Crippen LogP contribution < -0.4 is 20.3 Å². The summed E-state index contributed by atoms with van der Waals surface area (Å²) in [7, 11) is -6.99. The van der Waals surface area contributed by atoms with E-state index in [1.807, 2.05) is 0 Å². The molecular formula is C21H26N4O5S2. The lowest BCUT2D eigenvalue weighted by molar-refractivity contribution is -0.120. The van der Waals surface area contributed by atoms with E-state index in [-0.39, 0.29) is 34.2 Å². The third-order valence-electron chi connectivity index (χ3n) is 5.18. The van der Waals surface area contributed by atoms with E-state index in [2.05, 4.69) is 20.3 Å². The second kappa shape index (κ2) is 9.18. The van der Waals surface area contributed by atoms with Crippen LogP contribution in [0.5, 0.6) is 0 Å². The molecule has 2 aromatic carbocycles. The van der Waals surface area contributed by atoms with E-state index in [1.165, 1.54) is 12.1 Å². The standard InChI is InChI=1S/C21H26N4O5S2/c26-21(14-3-15-1-10-19(11-2-15)31(27,28)24-17-4-5-17)23-22-16-8-12-20(13-9-16)32(29,30)25-18-6-7-18/h1-2,8-13,17-18,22,24-25H,3-7,14H2,(H,23,26). The van der Waals surface area contributed by atoms with E-state index in [1.54, 1.807) is 36.4 Å². The third-order valence-corrected chi connectivity index (χ3v) is 8.26. The highest BCUT2D eigenvalue weighted by Gasteiger charge is 2.28. The highest BCUT2D eigenvalue weighted by Crippen LogP contribution is 2.23. The quantitative estimate of drug-likeness (QED) is 0.363. The molecule has 11 heteroatoms. The molecule has 0 heterocycles. The average molecular weight is 479 g/mol. The molecular weight excluding hydrogens is 452 g/mol. The lowest BCUT2D eigenvalue weighted by Crippen LogP contribution is -2.29. The Labute approximate surface area is 188 Å². The number of benzene rings is 2. The third kappa shape index (κ3) is 6.28. The number of hydrogen-bond acceptors (Lipinski definition) is 6. The molecule has 0 spiro atoms. The van der Waals surface area contributed by atoms with Gasteiger partial charge in [-0.1, -0.05) is 12.1 Å². The van der Waals surface area contributed by atoms with Crippen molar-refractivity contribution in [2.45, 2.75) is 60.4 Å². The summed E-state index contributed by atoms with van der Waals surface area (Å²) in [4.78, 5) is 12.5. The molecule has 1 amide bonds. The molecule has 4 N–H and O–H groups in total. The smallest absolute Gasteiger partial charge is 0.240 e. The molecule has 0 aromatic heterocycles. The molecule has 9 nitrogen and oxygen atoms in total. The second-order valence-electron chi connectivity index (χ2n) is 8.13. The number of amides is 1. The number of rotatable bonds is 11. The van der Waals surface area contributed by atoms with Crippen molar-refractivity contribution in [2.24, 2.45) is 0 Å². The number of carbonyl (C=O) groups is 1. The highest BCUT2D eigenvalue weighted by atomic mass is 32.2. The number of hydrazine groups is 1. The zero-order valence-electron chi connectivity index (χ0n) is 17.4. The van der Waals surface area contributed by atoms with E-state index in [0.29, 0.717) is 12.1 Å². The second-order valence-corrected chi connectivity index (χ2v) is 11.6. The molecule has 172 valence electrons. The number of carbonyl (C=O) groups excluding carboxylic acids is 1. The van der Waals surface area contributed by atoms with Gasteiger partial charge in [-0.15, -0.1) is 0 Å². The van der Waals surface area contributed by atoms with Crippen LogP contribution in [0, 0.1) is 0 Å². The minimum atomic E-state index is -3.51. The Kier molecular flexibility index (Phi) is 6.52. The van der Waals surface area contributed by atoms with Gasteiger partial charge in [0.15, 0.2) is 0 Å². The van der Waals surface area contributed by atoms with Crippen LogP contribution in [0.2, 0.25) is 0 Å². The molecule has 0 radical (unpaired) electrons. The molecule has 2 fully saturated rings. The minimum absolute atomic E-state index is 0.0390. The fourth-order valence-electron chi connectivity index (χ4n) is 2.99. The minimum Gasteiger partial charge on any atom is -0.299 e. The van der Waals surface area contributed by atoms with Crippen LogP contribution in [0.3, 0.4) is 0 Å². The first-order valence-electron chi connectivity index (χ1n) is 10.5. The van der Waals surface area contributed by atoms with Crippen LogP contribution >= 0.6 is 0 Å². The number of aryl methyl sites for hydroxylation is 1. The van der Waals surface area contributed by atoms with Gasteiger partial charge in [0.25, 0.3) is 0 Å². The van der Waals surface area contributed by atoms with Crippen LogP contribution in [0.4, 0.5) is 5.69 Å². The van der Waals surface area contributed by atoms with E-state index < -0.39 is 20.0 Å². The first-order chi connectivity index (χ1) is 15.2. The van der Waals surface area contributed by atoms with Crippen LogP contribution in [0.25, 0.3) is 0 Å². The van der Waals surface area contributed by atoms with E-state index in [9.17, 15) is 21.6 Å².